The molecule has 4 rings (SSSR count). The number of pyridine rings is 1. The van der Waals surface area contributed by atoms with Crippen molar-refractivity contribution in [2.24, 2.45) is 0 Å². The molecule has 32 heavy (non-hydrogen) atoms. The van der Waals surface area contributed by atoms with Gasteiger partial charge < -0.3 is 10.6 Å². The molecule has 0 bridgehead atoms. The molecule has 0 aliphatic carbocycles. The van der Waals surface area contributed by atoms with E-state index in [0.29, 0.717) is 24.3 Å². The second-order valence-electron chi connectivity index (χ2n) is 9.25. The molecule has 1 aromatic heterocycles. The van der Waals surface area contributed by atoms with Crippen LogP contribution in [0.1, 0.15) is 58.1 Å². The van der Waals surface area contributed by atoms with E-state index in [2.05, 4.69) is 41.9 Å². The number of fused-ring (bicyclic) bond motifs is 1. The minimum absolute atomic E-state index is 0.158. The predicted octanol–water partition coefficient (Wildman–Crippen LogP) is 5.15. The van der Waals surface area contributed by atoms with Gasteiger partial charge in [-0.25, -0.2) is 4.98 Å². The Morgan fingerprint density at radius 3 is 2.53 bits per heavy atom. The molecular formula is C26H36N4OS. The molecular weight excluding hydrogens is 416 g/mol. The number of nitrogen functional groups attached to an aromatic ring is 1. The number of unbranched alkanes of at least 4 members (excludes halogenated alkanes) is 2. The predicted molar refractivity (Wildman–Crippen MR) is 134 cm³/mol. The quantitative estimate of drug-likeness (QED) is 0.562. The Morgan fingerprint density at radius 1 is 1.00 bits per heavy atom. The van der Waals surface area contributed by atoms with E-state index in [-0.39, 0.29) is 11.2 Å². The Labute approximate surface area is 196 Å². The van der Waals surface area contributed by atoms with E-state index in [9.17, 15) is 4.79 Å². The molecule has 1 saturated heterocycles. The first kappa shape index (κ1) is 23.1. The van der Waals surface area contributed by atoms with Crippen LogP contribution in [0.4, 0.5) is 11.5 Å². The summed E-state index contributed by atoms with van der Waals surface area (Å²) in [6.07, 6.45) is 7.99. The van der Waals surface area contributed by atoms with E-state index in [1.54, 1.807) is 17.8 Å². The van der Waals surface area contributed by atoms with Gasteiger partial charge in [0.2, 0.25) is 5.91 Å². The number of rotatable bonds is 8. The molecule has 2 aliphatic heterocycles. The molecule has 1 aromatic carbocycles. The monoisotopic (exact) mass is 452 g/mol. The van der Waals surface area contributed by atoms with Crippen LogP contribution in [0.25, 0.3) is 0 Å². The lowest BCUT2D eigenvalue weighted by Crippen LogP contribution is -2.44. The maximum atomic E-state index is 13.4. The number of nitrogens with two attached hydrogens (primary N) is 1. The standard InChI is InChI=1S/C26H36N4OS/c1-19-10-8-11-20(2)29(19)16-6-3-7-17-30-22-13-4-5-14-23(22)32-24(26(30)31)18-21-12-9-15-25(27)28-21/h4-5,9,12-15,19-20,24H,3,6-8,10-11,16-18H2,1-2H3,(H2,27,28)/t19-,20+,24?. The first-order valence-electron chi connectivity index (χ1n) is 12.1. The van der Waals surface area contributed by atoms with Gasteiger partial charge in [0.15, 0.2) is 0 Å². The summed E-state index contributed by atoms with van der Waals surface area (Å²) in [6.45, 7) is 6.69. The van der Waals surface area contributed by atoms with Crippen LogP contribution in [0.3, 0.4) is 0 Å². The molecule has 2 aliphatic rings. The molecule has 3 heterocycles. The average molecular weight is 453 g/mol. The SMILES string of the molecule is C[C@@H]1CCC[C@H](C)N1CCCCCN1C(=O)C(Cc2cccc(N)n2)Sc2ccccc21. The van der Waals surface area contributed by atoms with Gasteiger partial charge >= 0.3 is 0 Å². The fourth-order valence-corrected chi connectivity index (χ4v) is 6.34. The van der Waals surface area contributed by atoms with Crippen molar-refractivity contribution in [3.63, 3.8) is 0 Å². The van der Waals surface area contributed by atoms with Crippen molar-refractivity contribution in [3.05, 3.63) is 48.2 Å². The number of carbonyl (C=O) groups excluding carboxylic acids is 1. The fourth-order valence-electron chi connectivity index (χ4n) is 5.09. The Hall–Kier alpha value is -2.05. The average Bonchev–Trinajstić information content (AvgIpc) is 2.77. The maximum absolute atomic E-state index is 13.4. The number of hydrogen-bond donors (Lipinski definition) is 1. The lowest BCUT2D eigenvalue weighted by molar-refractivity contribution is -0.118. The van der Waals surface area contributed by atoms with Gasteiger partial charge in [-0.15, -0.1) is 11.8 Å². The van der Waals surface area contributed by atoms with Gasteiger partial charge in [0.25, 0.3) is 0 Å². The molecule has 3 atom stereocenters. The Morgan fingerprint density at radius 2 is 1.75 bits per heavy atom. The highest BCUT2D eigenvalue weighted by Gasteiger charge is 2.33. The number of aromatic nitrogens is 1. The van der Waals surface area contributed by atoms with Crippen molar-refractivity contribution in [1.82, 2.24) is 9.88 Å². The first-order chi connectivity index (χ1) is 15.5. The summed E-state index contributed by atoms with van der Waals surface area (Å²) in [5.74, 6) is 0.696. The first-order valence-corrected chi connectivity index (χ1v) is 12.9. The van der Waals surface area contributed by atoms with Gasteiger partial charge in [-0.1, -0.05) is 31.0 Å². The summed E-state index contributed by atoms with van der Waals surface area (Å²) in [5.41, 5.74) is 7.78. The normalized spacial score (nSPS) is 23.9. The zero-order chi connectivity index (χ0) is 22.5. The molecule has 1 amide bonds. The number of carbonyl (C=O) groups is 1. The number of hydrogen-bond acceptors (Lipinski definition) is 5. The van der Waals surface area contributed by atoms with Crippen molar-refractivity contribution < 1.29 is 4.79 Å². The molecule has 6 heteroatoms. The van der Waals surface area contributed by atoms with Gasteiger partial charge in [-0.3, -0.25) is 9.69 Å². The number of likely N-dealkylation sites (tertiary alicyclic amines) is 1. The van der Waals surface area contributed by atoms with E-state index in [1.165, 1.54) is 37.1 Å². The lowest BCUT2D eigenvalue weighted by atomic mass is 9.97. The maximum Gasteiger partial charge on any atom is 0.240 e. The Kier molecular flexibility index (Phi) is 7.74. The van der Waals surface area contributed by atoms with Gasteiger partial charge in [0.05, 0.1) is 10.9 Å². The number of para-hydroxylation sites is 1. The third-order valence-corrected chi connectivity index (χ3v) is 8.12. The summed E-state index contributed by atoms with van der Waals surface area (Å²) in [4.78, 5) is 23.7. The van der Waals surface area contributed by atoms with Crippen molar-refractivity contribution in [3.8, 4) is 0 Å². The van der Waals surface area contributed by atoms with E-state index in [1.807, 2.05) is 23.1 Å². The minimum Gasteiger partial charge on any atom is -0.384 e. The summed E-state index contributed by atoms with van der Waals surface area (Å²) >= 11 is 1.65. The van der Waals surface area contributed by atoms with Crippen molar-refractivity contribution in [2.75, 3.05) is 23.7 Å². The summed E-state index contributed by atoms with van der Waals surface area (Å²) in [7, 11) is 0. The number of amides is 1. The summed E-state index contributed by atoms with van der Waals surface area (Å²) in [6, 6.07) is 15.3. The van der Waals surface area contributed by atoms with Crippen LogP contribution in [-0.2, 0) is 11.2 Å². The van der Waals surface area contributed by atoms with E-state index >= 15 is 0 Å². The van der Waals surface area contributed by atoms with Gasteiger partial charge in [-0.2, -0.15) is 0 Å². The molecule has 172 valence electrons. The second-order valence-corrected chi connectivity index (χ2v) is 10.5. The molecule has 1 fully saturated rings. The largest absolute Gasteiger partial charge is 0.384 e. The van der Waals surface area contributed by atoms with Crippen LogP contribution in [0.5, 0.6) is 0 Å². The third-order valence-electron chi connectivity index (χ3n) is 6.86. The Balaban J connectivity index is 1.35. The molecule has 0 spiro atoms. The molecule has 0 radical (unpaired) electrons. The van der Waals surface area contributed by atoms with Crippen LogP contribution in [-0.4, -0.2) is 46.2 Å². The number of piperidine rings is 1. The molecule has 1 unspecified atom stereocenters. The van der Waals surface area contributed by atoms with Gasteiger partial charge in [0.1, 0.15) is 5.82 Å². The fraction of sp³-hybridized carbons (Fsp3) is 0.538. The van der Waals surface area contributed by atoms with Gasteiger partial charge in [-0.05, 0) is 70.3 Å². The smallest absolute Gasteiger partial charge is 0.240 e. The number of thioether (sulfide) groups is 1. The van der Waals surface area contributed by atoms with Crippen LogP contribution in [0.15, 0.2) is 47.4 Å². The third kappa shape index (κ3) is 5.46. The number of anilines is 2. The van der Waals surface area contributed by atoms with Crippen molar-refractivity contribution in [1.29, 1.82) is 0 Å². The topological polar surface area (TPSA) is 62.5 Å². The zero-order valence-electron chi connectivity index (χ0n) is 19.4. The summed E-state index contributed by atoms with van der Waals surface area (Å²) in [5, 5.41) is -0.158. The Bertz CT molecular complexity index is 910. The van der Waals surface area contributed by atoms with Crippen LogP contribution < -0.4 is 10.6 Å². The highest BCUT2D eigenvalue weighted by Crippen LogP contribution is 2.40. The van der Waals surface area contributed by atoms with Crippen molar-refractivity contribution in [2.45, 2.75) is 81.0 Å². The number of nitrogens with zero attached hydrogens (tertiary/aromatic N) is 3. The van der Waals surface area contributed by atoms with Crippen LogP contribution in [0.2, 0.25) is 0 Å². The van der Waals surface area contributed by atoms with Crippen molar-refractivity contribution >= 4 is 29.2 Å². The lowest BCUT2D eigenvalue weighted by Gasteiger charge is -2.39. The van der Waals surface area contributed by atoms with E-state index < -0.39 is 0 Å². The minimum atomic E-state index is -0.158. The number of benzene rings is 1. The molecule has 2 aromatic rings. The molecule has 2 N–H and O–H groups in total. The highest BCUT2D eigenvalue weighted by atomic mass is 32.2. The molecule has 0 saturated carbocycles. The van der Waals surface area contributed by atoms with Crippen LogP contribution in [0, 0.1) is 0 Å². The van der Waals surface area contributed by atoms with E-state index in [4.69, 9.17) is 5.73 Å². The molecule has 5 nitrogen and oxygen atoms in total. The highest BCUT2D eigenvalue weighted by molar-refractivity contribution is 8.01. The van der Waals surface area contributed by atoms with Gasteiger partial charge in [0, 0.05) is 35.6 Å². The summed E-state index contributed by atoms with van der Waals surface area (Å²) < 4.78 is 0. The van der Waals surface area contributed by atoms with Crippen LogP contribution >= 0.6 is 11.8 Å². The second kappa shape index (κ2) is 10.7. The van der Waals surface area contributed by atoms with E-state index in [0.717, 1.165) is 30.8 Å². The zero-order valence-corrected chi connectivity index (χ0v) is 20.2.